The molecule has 0 aromatic heterocycles. The lowest BCUT2D eigenvalue weighted by Crippen LogP contribution is -2.37. The third kappa shape index (κ3) is 6.78. The van der Waals surface area contributed by atoms with Gasteiger partial charge < -0.3 is 0 Å². The van der Waals surface area contributed by atoms with Crippen LogP contribution in [0.15, 0.2) is 0 Å². The zero-order valence-electron chi connectivity index (χ0n) is 10.1. The molecule has 0 spiro atoms. The zero-order valence-corrected chi connectivity index (χ0v) is 10.1. The van der Waals surface area contributed by atoms with Gasteiger partial charge in [-0.05, 0) is 19.3 Å². The first-order valence-electron chi connectivity index (χ1n) is 5.54. The zero-order chi connectivity index (χ0) is 14.0. The van der Waals surface area contributed by atoms with Gasteiger partial charge in [-0.1, -0.05) is 0 Å². The van der Waals surface area contributed by atoms with E-state index in [1.807, 2.05) is 16.3 Å². The predicted octanol–water partition coefficient (Wildman–Crippen LogP) is -2.48. The molecule has 18 heavy (non-hydrogen) atoms. The Morgan fingerprint density at radius 2 is 1.39 bits per heavy atom. The molecule has 0 aromatic carbocycles. The van der Waals surface area contributed by atoms with E-state index in [4.69, 9.17) is 17.5 Å². The second-order valence-electron chi connectivity index (χ2n) is 3.77. The minimum absolute atomic E-state index is 0.123. The van der Waals surface area contributed by atoms with Gasteiger partial charge in [0.2, 0.25) is 17.7 Å². The first-order chi connectivity index (χ1) is 8.54. The maximum atomic E-state index is 11.4. The SMILES string of the molecule is NNC(=O)CCCC(CCC(=O)NN)C(=O)NN. The van der Waals surface area contributed by atoms with Crippen LogP contribution in [0.3, 0.4) is 0 Å². The summed E-state index contributed by atoms with van der Waals surface area (Å²) in [4.78, 5) is 33.3. The van der Waals surface area contributed by atoms with Gasteiger partial charge in [0, 0.05) is 18.8 Å². The quantitative estimate of drug-likeness (QED) is 0.161. The Bertz CT molecular complexity index is 296. The summed E-state index contributed by atoms with van der Waals surface area (Å²) in [7, 11) is 0. The van der Waals surface area contributed by atoms with E-state index in [2.05, 4.69) is 0 Å². The van der Waals surface area contributed by atoms with Crippen LogP contribution in [0, 0.1) is 5.92 Å². The molecule has 9 nitrogen and oxygen atoms in total. The minimum Gasteiger partial charge on any atom is -0.294 e. The molecule has 0 saturated heterocycles. The summed E-state index contributed by atoms with van der Waals surface area (Å²) >= 11 is 0. The average Bonchev–Trinajstić information content (AvgIpc) is 2.40. The number of amides is 3. The number of hydrogen-bond acceptors (Lipinski definition) is 6. The van der Waals surface area contributed by atoms with Gasteiger partial charge in [0.25, 0.3) is 0 Å². The molecule has 0 saturated carbocycles. The number of nitrogens with two attached hydrogens (primary N) is 3. The lowest BCUT2D eigenvalue weighted by atomic mass is 9.95. The molecule has 0 radical (unpaired) electrons. The van der Waals surface area contributed by atoms with E-state index in [0.717, 1.165) is 0 Å². The van der Waals surface area contributed by atoms with Crippen LogP contribution in [0.1, 0.15) is 32.1 Å². The second-order valence-corrected chi connectivity index (χ2v) is 3.77. The molecule has 0 heterocycles. The van der Waals surface area contributed by atoms with Gasteiger partial charge in [-0.3, -0.25) is 30.7 Å². The molecule has 0 aromatic rings. The predicted molar refractivity (Wildman–Crippen MR) is 63.6 cm³/mol. The largest absolute Gasteiger partial charge is 0.294 e. The fraction of sp³-hybridized carbons (Fsp3) is 0.667. The van der Waals surface area contributed by atoms with E-state index in [1.54, 1.807) is 0 Å². The van der Waals surface area contributed by atoms with Gasteiger partial charge >= 0.3 is 0 Å². The van der Waals surface area contributed by atoms with Crippen LogP contribution in [-0.4, -0.2) is 17.7 Å². The summed E-state index contributed by atoms with van der Waals surface area (Å²) in [6, 6.07) is 0. The molecule has 1 atom stereocenters. The Balaban J connectivity index is 4.11. The van der Waals surface area contributed by atoms with Crippen molar-refractivity contribution in [3.05, 3.63) is 0 Å². The summed E-state index contributed by atoms with van der Waals surface area (Å²) in [5, 5.41) is 0. The lowest BCUT2D eigenvalue weighted by Gasteiger charge is -2.14. The van der Waals surface area contributed by atoms with Crippen molar-refractivity contribution in [2.75, 3.05) is 0 Å². The standard InChI is InChI=1S/C9H20N6O3/c10-13-7(16)3-1-2-6(9(18)15-12)4-5-8(17)14-11/h6H,1-5,10-12H2,(H,13,16)(H,14,17)(H,15,18). The van der Waals surface area contributed by atoms with Crippen molar-refractivity contribution in [2.24, 2.45) is 23.4 Å². The van der Waals surface area contributed by atoms with E-state index in [-0.39, 0.29) is 30.6 Å². The topological polar surface area (TPSA) is 165 Å². The average molecular weight is 260 g/mol. The molecule has 1 unspecified atom stereocenters. The highest BCUT2D eigenvalue weighted by Crippen LogP contribution is 2.15. The van der Waals surface area contributed by atoms with Crippen LogP contribution >= 0.6 is 0 Å². The molecular weight excluding hydrogens is 240 g/mol. The highest BCUT2D eigenvalue weighted by atomic mass is 16.2. The summed E-state index contributed by atoms with van der Waals surface area (Å²) in [5.74, 6) is 13.4. The Morgan fingerprint density at radius 1 is 0.833 bits per heavy atom. The molecule has 0 rings (SSSR count). The van der Waals surface area contributed by atoms with Crippen LogP contribution in [0.4, 0.5) is 0 Å². The summed E-state index contributed by atoms with van der Waals surface area (Å²) in [6.45, 7) is 0. The molecule has 0 bridgehead atoms. The highest BCUT2D eigenvalue weighted by Gasteiger charge is 2.18. The second kappa shape index (κ2) is 9.33. The van der Waals surface area contributed by atoms with Crippen LogP contribution in [-0.2, 0) is 14.4 Å². The van der Waals surface area contributed by atoms with Gasteiger partial charge in [0.15, 0.2) is 0 Å². The van der Waals surface area contributed by atoms with E-state index >= 15 is 0 Å². The molecule has 3 amide bonds. The molecule has 0 aliphatic carbocycles. The monoisotopic (exact) mass is 260 g/mol. The maximum absolute atomic E-state index is 11.4. The molecule has 9 N–H and O–H groups in total. The Hall–Kier alpha value is -1.71. The van der Waals surface area contributed by atoms with Crippen molar-refractivity contribution in [2.45, 2.75) is 32.1 Å². The van der Waals surface area contributed by atoms with Crippen molar-refractivity contribution in [3.63, 3.8) is 0 Å². The smallest absolute Gasteiger partial charge is 0.236 e. The normalized spacial score (nSPS) is 11.5. The van der Waals surface area contributed by atoms with Gasteiger partial charge in [0.05, 0.1) is 0 Å². The van der Waals surface area contributed by atoms with Crippen molar-refractivity contribution in [1.29, 1.82) is 0 Å². The van der Waals surface area contributed by atoms with Gasteiger partial charge in [-0.15, -0.1) is 0 Å². The third-order valence-electron chi connectivity index (χ3n) is 2.51. The number of carbonyl (C=O) groups excluding carboxylic acids is 3. The third-order valence-corrected chi connectivity index (χ3v) is 2.51. The van der Waals surface area contributed by atoms with E-state index in [0.29, 0.717) is 19.3 Å². The van der Waals surface area contributed by atoms with E-state index < -0.39 is 5.92 Å². The van der Waals surface area contributed by atoms with Crippen molar-refractivity contribution >= 4 is 17.7 Å². The summed E-state index contributed by atoms with van der Waals surface area (Å²) < 4.78 is 0. The highest BCUT2D eigenvalue weighted by molar-refractivity contribution is 5.80. The van der Waals surface area contributed by atoms with Crippen LogP contribution in [0.5, 0.6) is 0 Å². The number of carbonyl (C=O) groups is 3. The maximum Gasteiger partial charge on any atom is 0.236 e. The summed E-state index contributed by atoms with van der Waals surface area (Å²) in [6.07, 6.45) is 1.57. The molecule has 0 aliphatic heterocycles. The van der Waals surface area contributed by atoms with Gasteiger partial charge in [-0.25, -0.2) is 17.5 Å². The fourth-order valence-corrected chi connectivity index (χ4v) is 1.48. The first-order valence-corrected chi connectivity index (χ1v) is 5.54. The molecule has 0 fully saturated rings. The number of rotatable bonds is 8. The molecule has 0 aliphatic rings. The van der Waals surface area contributed by atoms with Crippen LogP contribution in [0.2, 0.25) is 0 Å². The molecule has 104 valence electrons. The Labute approximate surface area is 105 Å². The number of hydrogen-bond donors (Lipinski definition) is 6. The van der Waals surface area contributed by atoms with E-state index in [1.165, 1.54) is 0 Å². The number of nitrogens with one attached hydrogen (secondary N) is 3. The summed E-state index contributed by atoms with van der Waals surface area (Å²) in [5.41, 5.74) is 6.01. The first kappa shape index (κ1) is 16.3. The lowest BCUT2D eigenvalue weighted by molar-refractivity contribution is -0.127. The van der Waals surface area contributed by atoms with Crippen LogP contribution in [0.25, 0.3) is 0 Å². The van der Waals surface area contributed by atoms with Gasteiger partial charge in [0.1, 0.15) is 0 Å². The van der Waals surface area contributed by atoms with Crippen molar-refractivity contribution in [1.82, 2.24) is 16.3 Å². The van der Waals surface area contributed by atoms with Crippen molar-refractivity contribution in [3.8, 4) is 0 Å². The minimum atomic E-state index is -0.433. The van der Waals surface area contributed by atoms with Crippen molar-refractivity contribution < 1.29 is 14.4 Å². The van der Waals surface area contributed by atoms with Crippen LogP contribution < -0.4 is 33.8 Å². The molecular formula is C9H20N6O3. The number of hydrazine groups is 3. The Kier molecular flexibility index (Phi) is 8.45. The fourth-order valence-electron chi connectivity index (χ4n) is 1.48. The van der Waals surface area contributed by atoms with E-state index in [9.17, 15) is 14.4 Å². The Morgan fingerprint density at radius 3 is 1.89 bits per heavy atom. The van der Waals surface area contributed by atoms with Gasteiger partial charge in [-0.2, -0.15) is 0 Å². The molecule has 9 heteroatoms.